The number of aryl methyl sites for hydroxylation is 2. The van der Waals surface area contributed by atoms with Gasteiger partial charge in [0.2, 0.25) is 0 Å². The van der Waals surface area contributed by atoms with Gasteiger partial charge in [-0.1, -0.05) is 28.1 Å². The van der Waals surface area contributed by atoms with Crippen molar-refractivity contribution in [1.82, 2.24) is 0 Å². The maximum Gasteiger partial charge on any atom is 0.147 e. The number of halogens is 1. The van der Waals surface area contributed by atoms with E-state index in [0.717, 1.165) is 21.2 Å². The topological polar surface area (TPSA) is 60.2 Å². The van der Waals surface area contributed by atoms with Crippen molar-refractivity contribution in [3.05, 3.63) is 33.3 Å². The highest BCUT2D eigenvalue weighted by atomic mass is 79.9. The molecule has 0 aliphatic carbocycles. The molecule has 1 unspecified atom stereocenters. The summed E-state index contributed by atoms with van der Waals surface area (Å²) in [5, 5.41) is 0. The van der Waals surface area contributed by atoms with Crippen LogP contribution in [0.2, 0.25) is 0 Å². The Morgan fingerprint density at radius 3 is 2.22 bits per heavy atom. The van der Waals surface area contributed by atoms with Crippen molar-refractivity contribution in [2.75, 3.05) is 12.0 Å². The van der Waals surface area contributed by atoms with Crippen molar-refractivity contribution >= 4 is 25.8 Å². The van der Waals surface area contributed by atoms with Crippen LogP contribution in [-0.2, 0) is 9.84 Å². The Bertz CT molecular complexity index is 503. The van der Waals surface area contributed by atoms with Gasteiger partial charge in [0.25, 0.3) is 0 Å². The highest BCUT2D eigenvalue weighted by Crippen LogP contribution is 2.26. The third-order valence-corrected chi connectivity index (χ3v) is 5.20. The molecule has 0 saturated heterocycles. The predicted molar refractivity (Wildman–Crippen MR) is 79.5 cm³/mol. The first-order chi connectivity index (χ1) is 8.20. The fourth-order valence-corrected chi connectivity index (χ4v) is 2.85. The van der Waals surface area contributed by atoms with E-state index in [9.17, 15) is 8.42 Å². The first-order valence-electron chi connectivity index (χ1n) is 5.90. The molecule has 0 amide bonds. The SMILES string of the molecule is Cc1cc(C(N)CCCS(C)(=O)=O)cc(C)c1Br. The summed E-state index contributed by atoms with van der Waals surface area (Å²) in [7, 11) is -2.89. The molecule has 2 N–H and O–H groups in total. The smallest absolute Gasteiger partial charge is 0.147 e. The lowest BCUT2D eigenvalue weighted by atomic mass is 9.99. The monoisotopic (exact) mass is 333 g/mol. The summed E-state index contributed by atoms with van der Waals surface area (Å²) in [5.74, 6) is 0.204. The van der Waals surface area contributed by atoms with Gasteiger partial charge in [0.15, 0.2) is 0 Å². The molecule has 0 aliphatic heterocycles. The van der Waals surface area contributed by atoms with Gasteiger partial charge >= 0.3 is 0 Å². The number of nitrogens with two attached hydrogens (primary N) is 1. The maximum absolute atomic E-state index is 11.1. The van der Waals surface area contributed by atoms with Gasteiger partial charge in [0, 0.05) is 22.5 Å². The molecule has 0 saturated carbocycles. The van der Waals surface area contributed by atoms with Gasteiger partial charge in [-0.15, -0.1) is 0 Å². The van der Waals surface area contributed by atoms with Gasteiger partial charge in [-0.3, -0.25) is 0 Å². The van der Waals surface area contributed by atoms with Crippen molar-refractivity contribution in [1.29, 1.82) is 0 Å². The van der Waals surface area contributed by atoms with E-state index >= 15 is 0 Å². The molecule has 1 aromatic rings. The van der Waals surface area contributed by atoms with E-state index in [1.54, 1.807) is 0 Å². The van der Waals surface area contributed by atoms with Gasteiger partial charge in [-0.2, -0.15) is 0 Å². The van der Waals surface area contributed by atoms with Crippen LogP contribution in [-0.4, -0.2) is 20.4 Å². The van der Waals surface area contributed by atoms with Crippen molar-refractivity contribution in [3.8, 4) is 0 Å². The lowest BCUT2D eigenvalue weighted by Crippen LogP contribution is -2.13. The summed E-state index contributed by atoms with van der Waals surface area (Å²) >= 11 is 3.52. The molecule has 0 radical (unpaired) electrons. The second-order valence-corrected chi connectivity index (χ2v) is 7.90. The zero-order valence-electron chi connectivity index (χ0n) is 11.0. The van der Waals surface area contributed by atoms with Crippen LogP contribution < -0.4 is 5.73 Å². The van der Waals surface area contributed by atoms with E-state index in [1.807, 2.05) is 13.8 Å². The van der Waals surface area contributed by atoms with E-state index in [-0.39, 0.29) is 11.8 Å². The van der Waals surface area contributed by atoms with Crippen LogP contribution in [0.25, 0.3) is 0 Å². The molecule has 0 heterocycles. The number of rotatable bonds is 5. The summed E-state index contributed by atoms with van der Waals surface area (Å²) in [6, 6.07) is 4.02. The Labute approximate surface area is 118 Å². The van der Waals surface area contributed by atoms with Crippen LogP contribution in [0, 0.1) is 13.8 Å². The Kier molecular flexibility index (Phi) is 5.37. The number of hydrogen-bond donors (Lipinski definition) is 1. The van der Waals surface area contributed by atoms with Crippen molar-refractivity contribution < 1.29 is 8.42 Å². The minimum absolute atomic E-state index is 0.0998. The van der Waals surface area contributed by atoms with E-state index in [0.29, 0.717) is 12.8 Å². The normalized spacial score (nSPS) is 13.6. The summed E-state index contributed by atoms with van der Waals surface area (Å²) < 4.78 is 23.2. The van der Waals surface area contributed by atoms with Crippen LogP contribution in [0.4, 0.5) is 0 Å². The molecule has 18 heavy (non-hydrogen) atoms. The Morgan fingerprint density at radius 1 is 1.28 bits per heavy atom. The van der Waals surface area contributed by atoms with Gasteiger partial charge < -0.3 is 5.73 Å². The second kappa shape index (κ2) is 6.17. The van der Waals surface area contributed by atoms with Crippen LogP contribution in [0.1, 0.15) is 35.6 Å². The van der Waals surface area contributed by atoms with Crippen molar-refractivity contribution in [2.45, 2.75) is 32.7 Å². The molecular weight excluding hydrogens is 314 g/mol. The molecule has 1 aromatic carbocycles. The molecule has 0 aliphatic rings. The first-order valence-corrected chi connectivity index (χ1v) is 8.76. The Hall–Kier alpha value is -0.390. The number of sulfone groups is 1. The molecule has 1 atom stereocenters. The Morgan fingerprint density at radius 2 is 1.78 bits per heavy atom. The Balaban J connectivity index is 2.70. The van der Waals surface area contributed by atoms with Gasteiger partial charge in [0.05, 0.1) is 0 Å². The quantitative estimate of drug-likeness (QED) is 0.901. The molecule has 0 spiro atoms. The predicted octanol–water partition coefficient (Wildman–Crippen LogP) is 2.89. The lowest BCUT2D eigenvalue weighted by molar-refractivity contribution is 0.587. The summed E-state index contributed by atoms with van der Waals surface area (Å²) in [6.45, 7) is 4.06. The highest BCUT2D eigenvalue weighted by Gasteiger charge is 2.11. The molecule has 102 valence electrons. The highest BCUT2D eigenvalue weighted by molar-refractivity contribution is 9.10. The van der Waals surface area contributed by atoms with E-state index in [4.69, 9.17) is 5.73 Å². The summed E-state index contributed by atoms with van der Waals surface area (Å²) in [4.78, 5) is 0. The van der Waals surface area contributed by atoms with E-state index in [1.165, 1.54) is 6.26 Å². The fourth-order valence-electron chi connectivity index (χ4n) is 1.93. The lowest BCUT2D eigenvalue weighted by Gasteiger charge is -2.14. The van der Waals surface area contributed by atoms with Crippen molar-refractivity contribution in [3.63, 3.8) is 0 Å². The first kappa shape index (κ1) is 15.7. The third-order valence-electron chi connectivity index (χ3n) is 2.92. The molecule has 0 fully saturated rings. The number of hydrogen-bond acceptors (Lipinski definition) is 3. The van der Waals surface area contributed by atoms with Crippen LogP contribution in [0.5, 0.6) is 0 Å². The average Bonchev–Trinajstić information content (AvgIpc) is 2.23. The molecule has 3 nitrogen and oxygen atoms in total. The molecule has 5 heteroatoms. The van der Waals surface area contributed by atoms with Crippen LogP contribution in [0.3, 0.4) is 0 Å². The standard InChI is InChI=1S/C13H20BrNO2S/c1-9-7-11(8-10(2)13(9)14)12(15)5-4-6-18(3,16)17/h7-8,12H,4-6,15H2,1-3H3. The zero-order chi connectivity index (χ0) is 13.9. The van der Waals surface area contributed by atoms with E-state index in [2.05, 4.69) is 28.1 Å². The summed E-state index contributed by atoms with van der Waals surface area (Å²) in [6.07, 6.45) is 2.55. The van der Waals surface area contributed by atoms with Crippen molar-refractivity contribution in [2.24, 2.45) is 5.73 Å². The average molecular weight is 334 g/mol. The largest absolute Gasteiger partial charge is 0.324 e. The maximum atomic E-state index is 11.1. The molecule has 1 rings (SSSR count). The number of benzene rings is 1. The molecular formula is C13H20BrNO2S. The van der Waals surface area contributed by atoms with E-state index < -0.39 is 9.84 Å². The minimum Gasteiger partial charge on any atom is -0.324 e. The van der Waals surface area contributed by atoms with Crippen LogP contribution in [0.15, 0.2) is 16.6 Å². The fraction of sp³-hybridized carbons (Fsp3) is 0.538. The molecule has 0 bridgehead atoms. The van der Waals surface area contributed by atoms with Crippen LogP contribution >= 0.6 is 15.9 Å². The van der Waals surface area contributed by atoms with Gasteiger partial charge in [-0.25, -0.2) is 8.42 Å². The van der Waals surface area contributed by atoms with Gasteiger partial charge in [-0.05, 0) is 43.4 Å². The second-order valence-electron chi connectivity index (χ2n) is 4.85. The molecule has 0 aromatic heterocycles. The van der Waals surface area contributed by atoms with Gasteiger partial charge in [0.1, 0.15) is 9.84 Å². The summed E-state index contributed by atoms with van der Waals surface area (Å²) in [5.41, 5.74) is 9.49. The minimum atomic E-state index is -2.89. The third kappa shape index (κ3) is 4.71. The zero-order valence-corrected chi connectivity index (χ0v) is 13.4.